The molecule has 0 fully saturated rings. The molecule has 0 saturated carbocycles. The molecule has 2 unspecified atom stereocenters. The summed E-state index contributed by atoms with van der Waals surface area (Å²) in [7, 11) is 2.98. The molecule has 0 radical (unpaired) electrons. The van der Waals surface area contributed by atoms with Crippen molar-refractivity contribution in [3.63, 3.8) is 0 Å². The molecule has 0 aliphatic heterocycles. The number of nitrogens with one attached hydrogen (secondary N) is 1. The van der Waals surface area contributed by atoms with E-state index in [1.807, 2.05) is 0 Å². The van der Waals surface area contributed by atoms with Crippen LogP contribution in [0.4, 0.5) is 0 Å². The first-order valence-electron chi connectivity index (χ1n) is 4.57. The van der Waals surface area contributed by atoms with E-state index in [0.717, 1.165) is 0 Å². The molecular formula is C10H13Cl2NO3. The van der Waals surface area contributed by atoms with Gasteiger partial charge in [-0.3, -0.25) is 4.79 Å². The van der Waals surface area contributed by atoms with Gasteiger partial charge in [-0.1, -0.05) is 11.6 Å². The Bertz CT molecular complexity index is 350. The summed E-state index contributed by atoms with van der Waals surface area (Å²) in [5.41, 5.74) is 0. The van der Waals surface area contributed by atoms with Crippen molar-refractivity contribution >= 4 is 29.6 Å². The third kappa shape index (κ3) is 2.13. The van der Waals surface area contributed by atoms with Crippen LogP contribution in [0, 0.1) is 0 Å². The van der Waals surface area contributed by atoms with E-state index in [-0.39, 0.29) is 0 Å². The third-order valence-corrected chi connectivity index (χ3v) is 3.26. The Morgan fingerprint density at radius 3 is 2.56 bits per heavy atom. The predicted molar refractivity (Wildman–Crippen MR) is 62.2 cm³/mol. The number of methoxy groups -OCH3 is 2. The fourth-order valence-corrected chi connectivity index (χ4v) is 2.34. The Labute approximate surface area is 104 Å². The molecule has 90 valence electrons. The second-order valence-corrected chi connectivity index (χ2v) is 4.61. The molecule has 1 N–H and O–H groups in total. The Morgan fingerprint density at radius 2 is 2.12 bits per heavy atom. The van der Waals surface area contributed by atoms with E-state index in [1.165, 1.54) is 14.2 Å². The zero-order valence-corrected chi connectivity index (χ0v) is 10.7. The fraction of sp³-hybridized carbons (Fsp3) is 0.500. The van der Waals surface area contributed by atoms with Gasteiger partial charge in [0.15, 0.2) is 0 Å². The first-order chi connectivity index (χ1) is 7.48. The molecule has 1 aliphatic rings. The van der Waals surface area contributed by atoms with E-state index in [2.05, 4.69) is 5.32 Å². The van der Waals surface area contributed by atoms with Crippen LogP contribution in [0.25, 0.3) is 0 Å². The highest BCUT2D eigenvalue weighted by Crippen LogP contribution is 2.39. The summed E-state index contributed by atoms with van der Waals surface area (Å²) in [5, 5.41) is 2.89. The molecule has 16 heavy (non-hydrogen) atoms. The summed E-state index contributed by atoms with van der Waals surface area (Å²) in [4.78, 5) is 9.61. The van der Waals surface area contributed by atoms with Crippen molar-refractivity contribution in [2.45, 2.75) is 17.8 Å². The largest absolute Gasteiger partial charge is 0.499 e. The van der Waals surface area contributed by atoms with Gasteiger partial charge in [-0.2, -0.15) is 0 Å². The van der Waals surface area contributed by atoms with Crippen LogP contribution < -0.4 is 5.32 Å². The lowest BCUT2D eigenvalue weighted by Crippen LogP contribution is -2.48. The molecule has 1 rings (SSSR count). The van der Waals surface area contributed by atoms with Gasteiger partial charge in [-0.25, -0.2) is 0 Å². The first kappa shape index (κ1) is 13.2. The maximum atomic E-state index is 10.5. The van der Waals surface area contributed by atoms with Gasteiger partial charge in [-0.05, 0) is 6.92 Å². The normalized spacial score (nSPS) is 29.6. The lowest BCUT2D eigenvalue weighted by Gasteiger charge is -2.36. The van der Waals surface area contributed by atoms with Gasteiger partial charge in [0.2, 0.25) is 6.41 Å². The summed E-state index contributed by atoms with van der Waals surface area (Å²) in [5.74, 6) is 0.908. The van der Waals surface area contributed by atoms with Crippen molar-refractivity contribution in [2.24, 2.45) is 0 Å². The van der Waals surface area contributed by atoms with Crippen molar-refractivity contribution in [2.75, 3.05) is 14.2 Å². The number of halogens is 2. The number of hydrogen-bond acceptors (Lipinski definition) is 3. The molecule has 2 atom stereocenters. The topological polar surface area (TPSA) is 47.6 Å². The number of carbonyl (C=O) groups is 1. The molecule has 0 aromatic rings. The van der Waals surface area contributed by atoms with Crippen LogP contribution >= 0.6 is 23.2 Å². The molecule has 6 heteroatoms. The number of rotatable bonds is 4. The quantitative estimate of drug-likeness (QED) is 0.622. The van der Waals surface area contributed by atoms with Crippen molar-refractivity contribution in [3.05, 3.63) is 22.6 Å². The molecule has 0 aromatic carbocycles. The summed E-state index contributed by atoms with van der Waals surface area (Å²) in [6.45, 7) is 1.71. The zero-order chi connectivity index (χ0) is 12.3. The summed E-state index contributed by atoms with van der Waals surface area (Å²) >= 11 is 12.4. The molecule has 0 aromatic heterocycles. The summed E-state index contributed by atoms with van der Waals surface area (Å²) in [6.07, 6.45) is 2.15. The second kappa shape index (κ2) is 4.97. The highest BCUT2D eigenvalue weighted by Gasteiger charge is 2.43. The van der Waals surface area contributed by atoms with Crippen LogP contribution in [0.15, 0.2) is 22.6 Å². The average Bonchev–Trinajstić information content (AvgIpc) is 2.24. The molecule has 0 spiro atoms. The van der Waals surface area contributed by atoms with Crippen LogP contribution in [0.5, 0.6) is 0 Å². The molecular weight excluding hydrogens is 253 g/mol. The van der Waals surface area contributed by atoms with Crippen LogP contribution in [0.2, 0.25) is 0 Å². The van der Waals surface area contributed by atoms with Crippen LogP contribution in [0.3, 0.4) is 0 Å². The molecule has 0 saturated heterocycles. The monoisotopic (exact) mass is 265 g/mol. The van der Waals surface area contributed by atoms with Crippen molar-refractivity contribution < 1.29 is 14.3 Å². The van der Waals surface area contributed by atoms with Gasteiger partial charge in [-0.15, -0.1) is 11.6 Å². The molecule has 1 aliphatic carbocycles. The average molecular weight is 266 g/mol. The number of carbonyl (C=O) groups excluding carboxylic acids is 1. The maximum Gasteiger partial charge on any atom is 0.207 e. The van der Waals surface area contributed by atoms with Gasteiger partial charge in [0.1, 0.15) is 16.4 Å². The van der Waals surface area contributed by atoms with Gasteiger partial charge in [0.05, 0.1) is 25.3 Å². The summed E-state index contributed by atoms with van der Waals surface area (Å²) in [6, 6.07) is -0.580. The van der Waals surface area contributed by atoms with E-state index in [9.17, 15) is 4.79 Å². The maximum absolute atomic E-state index is 10.5. The van der Waals surface area contributed by atoms with Crippen LogP contribution in [0.1, 0.15) is 6.92 Å². The number of alkyl halides is 1. The molecule has 0 heterocycles. The van der Waals surface area contributed by atoms with E-state index in [4.69, 9.17) is 32.7 Å². The van der Waals surface area contributed by atoms with Gasteiger partial charge < -0.3 is 14.8 Å². The van der Waals surface area contributed by atoms with Gasteiger partial charge >= 0.3 is 0 Å². The summed E-state index contributed by atoms with van der Waals surface area (Å²) < 4.78 is 10.2. The van der Waals surface area contributed by atoms with Crippen molar-refractivity contribution in [1.82, 2.24) is 5.32 Å². The second-order valence-electron chi connectivity index (χ2n) is 3.42. The van der Waals surface area contributed by atoms with Crippen LogP contribution in [-0.4, -0.2) is 31.5 Å². The zero-order valence-electron chi connectivity index (χ0n) is 9.21. The Hall–Kier alpha value is -0.870. The minimum Gasteiger partial charge on any atom is -0.499 e. The minimum atomic E-state index is -0.936. The predicted octanol–water partition coefficient (Wildman–Crippen LogP) is 1.74. The van der Waals surface area contributed by atoms with Gasteiger partial charge in [0, 0.05) is 6.08 Å². The van der Waals surface area contributed by atoms with Crippen molar-refractivity contribution in [1.29, 1.82) is 0 Å². The number of ether oxygens (including phenoxy) is 2. The number of amides is 1. The van der Waals surface area contributed by atoms with E-state index >= 15 is 0 Å². The Balaban J connectivity index is 3.21. The third-order valence-electron chi connectivity index (χ3n) is 2.45. The highest BCUT2D eigenvalue weighted by atomic mass is 35.5. The minimum absolute atomic E-state index is 0.341. The fourth-order valence-electron chi connectivity index (χ4n) is 1.56. The Kier molecular flexibility index (Phi) is 4.10. The molecule has 4 nitrogen and oxygen atoms in total. The SMILES string of the molecule is COC1=CC(OC)=C(Cl)C(NC=O)C1(C)Cl. The first-order valence-corrected chi connectivity index (χ1v) is 5.33. The van der Waals surface area contributed by atoms with E-state index < -0.39 is 10.9 Å². The number of allylic oxidation sites excluding steroid dienone is 1. The lowest BCUT2D eigenvalue weighted by atomic mass is 9.93. The number of hydrogen-bond donors (Lipinski definition) is 1. The lowest BCUT2D eigenvalue weighted by molar-refractivity contribution is -0.110. The van der Waals surface area contributed by atoms with Crippen molar-refractivity contribution in [3.8, 4) is 0 Å². The Morgan fingerprint density at radius 1 is 1.50 bits per heavy atom. The van der Waals surface area contributed by atoms with Crippen LogP contribution in [-0.2, 0) is 14.3 Å². The standard InChI is InChI=1S/C10H13Cl2NO3/c1-10(12)7(16-3)4-6(15-2)8(11)9(10)13-5-14/h4-5,9H,1-3H3,(H,13,14). The molecule has 1 amide bonds. The highest BCUT2D eigenvalue weighted by molar-refractivity contribution is 6.34. The molecule has 0 bridgehead atoms. The van der Waals surface area contributed by atoms with E-state index in [1.54, 1.807) is 13.0 Å². The smallest absolute Gasteiger partial charge is 0.207 e. The van der Waals surface area contributed by atoms with E-state index in [0.29, 0.717) is 23.0 Å². The van der Waals surface area contributed by atoms with Gasteiger partial charge in [0.25, 0.3) is 0 Å².